The fourth-order valence-corrected chi connectivity index (χ4v) is 2.59. The monoisotopic (exact) mass is 320 g/mol. The number of benzene rings is 2. The number of rotatable bonds is 2. The Hall–Kier alpha value is -0.206. The molecule has 0 aliphatic rings. The molecule has 2 atom stereocenters. The maximum absolute atomic E-state index is 2.63. The second-order valence-electron chi connectivity index (χ2n) is 4.08. The van der Waals surface area contributed by atoms with E-state index in [0.717, 1.165) is 14.2 Å². The van der Waals surface area contributed by atoms with Gasteiger partial charge in [-0.1, -0.05) is 83.1 Å². The standard InChI is InChI=1S/C9H13P.C6H7P.Ni/c1-8(2)10-9-6-4-3-5-7-9;7-6-4-2-1-3-5-6;/h3-8,10H,1-2H3;1-5H,7H2;. The zero-order chi connectivity index (χ0) is 12.5. The van der Waals surface area contributed by atoms with E-state index in [4.69, 9.17) is 0 Å². The number of hydrogen-bond donors (Lipinski definition) is 0. The third kappa shape index (κ3) is 8.82. The van der Waals surface area contributed by atoms with Gasteiger partial charge >= 0.3 is 0 Å². The molecule has 100 valence electrons. The molecule has 3 heteroatoms. The third-order valence-electron chi connectivity index (χ3n) is 2.03. The summed E-state index contributed by atoms with van der Waals surface area (Å²) in [5, 5.41) is 2.71. The van der Waals surface area contributed by atoms with Gasteiger partial charge in [0.15, 0.2) is 0 Å². The summed E-state index contributed by atoms with van der Waals surface area (Å²) in [5.41, 5.74) is 0.794. The van der Waals surface area contributed by atoms with Gasteiger partial charge in [-0.15, -0.1) is 9.24 Å². The minimum Gasteiger partial charge on any atom is -0.106 e. The van der Waals surface area contributed by atoms with Crippen LogP contribution in [0.4, 0.5) is 0 Å². The maximum atomic E-state index is 2.63. The Labute approximate surface area is 125 Å². The molecule has 0 aliphatic heterocycles. The molecule has 0 amide bonds. The van der Waals surface area contributed by atoms with Gasteiger partial charge in [0, 0.05) is 16.5 Å². The van der Waals surface area contributed by atoms with Crippen molar-refractivity contribution in [2.45, 2.75) is 19.5 Å². The molecule has 0 aliphatic carbocycles. The Morgan fingerprint density at radius 2 is 1.28 bits per heavy atom. The van der Waals surface area contributed by atoms with Crippen LogP contribution in [-0.4, -0.2) is 5.66 Å². The largest absolute Gasteiger partial charge is 0.106 e. The van der Waals surface area contributed by atoms with Crippen molar-refractivity contribution in [3.05, 3.63) is 60.7 Å². The first-order chi connectivity index (χ1) is 8.18. The summed E-state index contributed by atoms with van der Waals surface area (Å²) in [5.74, 6) is 0. The van der Waals surface area contributed by atoms with E-state index >= 15 is 0 Å². The Balaban J connectivity index is 0.000000321. The minimum atomic E-state index is 0. The van der Waals surface area contributed by atoms with Crippen molar-refractivity contribution in [1.29, 1.82) is 0 Å². The Bertz CT molecular complexity index is 401. The first kappa shape index (κ1) is 17.8. The molecule has 2 unspecified atom stereocenters. The van der Waals surface area contributed by atoms with Crippen molar-refractivity contribution < 1.29 is 16.5 Å². The molecule has 18 heavy (non-hydrogen) atoms. The van der Waals surface area contributed by atoms with Crippen LogP contribution in [0.2, 0.25) is 0 Å². The van der Waals surface area contributed by atoms with Gasteiger partial charge < -0.3 is 0 Å². The zero-order valence-corrected chi connectivity index (χ0v) is 13.9. The second kappa shape index (κ2) is 10.7. The molecule has 0 fully saturated rings. The topological polar surface area (TPSA) is 0 Å². The van der Waals surface area contributed by atoms with Gasteiger partial charge in [-0.2, -0.15) is 0 Å². The first-order valence-electron chi connectivity index (χ1n) is 5.80. The Morgan fingerprint density at radius 1 is 0.833 bits per heavy atom. The van der Waals surface area contributed by atoms with Crippen molar-refractivity contribution in [2.24, 2.45) is 0 Å². The van der Waals surface area contributed by atoms with Gasteiger partial charge in [-0.05, 0) is 16.3 Å². The van der Waals surface area contributed by atoms with Crippen LogP contribution in [0.5, 0.6) is 0 Å². The van der Waals surface area contributed by atoms with E-state index in [1.54, 1.807) is 0 Å². The van der Waals surface area contributed by atoms with Crippen LogP contribution in [0.1, 0.15) is 13.8 Å². The third-order valence-corrected chi connectivity index (χ3v) is 3.66. The van der Waals surface area contributed by atoms with Gasteiger partial charge in [0.1, 0.15) is 0 Å². The SMILES string of the molecule is CC(C)Pc1ccccc1.Pc1ccccc1.[Ni]. The van der Waals surface area contributed by atoms with E-state index in [0.29, 0.717) is 0 Å². The van der Waals surface area contributed by atoms with E-state index in [1.165, 1.54) is 10.6 Å². The van der Waals surface area contributed by atoms with Gasteiger partial charge in [0.25, 0.3) is 0 Å². The van der Waals surface area contributed by atoms with Crippen LogP contribution in [0.3, 0.4) is 0 Å². The quantitative estimate of drug-likeness (QED) is 0.586. The second-order valence-corrected chi connectivity index (χ2v) is 6.76. The maximum Gasteiger partial charge on any atom is 0 e. The van der Waals surface area contributed by atoms with E-state index in [2.05, 4.69) is 53.4 Å². The zero-order valence-electron chi connectivity index (χ0n) is 10.7. The average Bonchev–Trinajstić information content (AvgIpc) is 2.31. The molecular weight excluding hydrogens is 301 g/mol. The molecule has 0 nitrogen and oxygen atoms in total. The van der Waals surface area contributed by atoms with Gasteiger partial charge in [-0.25, -0.2) is 0 Å². The number of hydrogen-bond acceptors (Lipinski definition) is 0. The van der Waals surface area contributed by atoms with Crippen LogP contribution in [0.15, 0.2) is 60.7 Å². The molecule has 0 aromatic heterocycles. The fraction of sp³-hybridized carbons (Fsp3) is 0.200. The first-order valence-corrected chi connectivity index (χ1v) is 7.46. The predicted molar refractivity (Wildman–Crippen MR) is 85.3 cm³/mol. The summed E-state index contributed by atoms with van der Waals surface area (Å²) < 4.78 is 0. The van der Waals surface area contributed by atoms with Crippen molar-refractivity contribution in [3.8, 4) is 0 Å². The van der Waals surface area contributed by atoms with E-state index in [9.17, 15) is 0 Å². The Kier molecular flexibility index (Phi) is 10.6. The van der Waals surface area contributed by atoms with Crippen molar-refractivity contribution in [2.75, 3.05) is 0 Å². The molecule has 0 saturated heterocycles. The predicted octanol–water partition coefficient (Wildman–Crippen LogP) is 3.58. The molecule has 0 radical (unpaired) electrons. The molecule has 0 bridgehead atoms. The van der Waals surface area contributed by atoms with Crippen molar-refractivity contribution in [3.63, 3.8) is 0 Å². The van der Waals surface area contributed by atoms with Gasteiger partial charge in [-0.3, -0.25) is 0 Å². The molecular formula is C15H20NiP2. The van der Waals surface area contributed by atoms with E-state index < -0.39 is 0 Å². The summed E-state index contributed by atoms with van der Waals surface area (Å²) in [6.45, 7) is 4.51. The van der Waals surface area contributed by atoms with Crippen LogP contribution < -0.4 is 10.6 Å². The summed E-state index contributed by atoms with van der Waals surface area (Å²) in [6, 6.07) is 20.8. The minimum absolute atomic E-state index is 0. The molecule has 0 N–H and O–H groups in total. The molecule has 2 aromatic rings. The summed E-state index contributed by atoms with van der Waals surface area (Å²) in [6.07, 6.45) is 0. The fourth-order valence-electron chi connectivity index (χ4n) is 1.32. The summed E-state index contributed by atoms with van der Waals surface area (Å²) >= 11 is 0. The van der Waals surface area contributed by atoms with Crippen LogP contribution >= 0.6 is 17.8 Å². The molecule has 2 rings (SSSR count). The summed E-state index contributed by atoms with van der Waals surface area (Å²) in [4.78, 5) is 0. The van der Waals surface area contributed by atoms with Gasteiger partial charge in [0.05, 0.1) is 0 Å². The van der Waals surface area contributed by atoms with Crippen molar-refractivity contribution >= 4 is 28.4 Å². The van der Waals surface area contributed by atoms with E-state index in [1.807, 2.05) is 30.3 Å². The van der Waals surface area contributed by atoms with E-state index in [-0.39, 0.29) is 16.5 Å². The molecule has 0 heterocycles. The van der Waals surface area contributed by atoms with Crippen LogP contribution in [0.25, 0.3) is 0 Å². The Morgan fingerprint density at radius 3 is 1.61 bits per heavy atom. The van der Waals surface area contributed by atoms with Crippen molar-refractivity contribution in [1.82, 2.24) is 0 Å². The molecule has 0 spiro atoms. The normalized spacial score (nSPS) is 9.78. The molecule has 2 aromatic carbocycles. The van der Waals surface area contributed by atoms with Crippen LogP contribution in [0, 0.1) is 0 Å². The summed E-state index contributed by atoms with van der Waals surface area (Å²) in [7, 11) is 3.59. The van der Waals surface area contributed by atoms with Crippen LogP contribution in [-0.2, 0) is 16.5 Å². The molecule has 0 saturated carbocycles. The average molecular weight is 321 g/mol. The smallest absolute Gasteiger partial charge is 0 e. The van der Waals surface area contributed by atoms with Gasteiger partial charge in [0.2, 0.25) is 0 Å².